The zero-order valence-corrected chi connectivity index (χ0v) is 10.4. The van der Waals surface area contributed by atoms with Crippen LogP contribution in [0, 0.1) is 11.3 Å². The van der Waals surface area contributed by atoms with Crippen LogP contribution >= 0.6 is 11.8 Å². The molecule has 1 rings (SSSR count). The third-order valence-corrected chi connectivity index (χ3v) is 4.29. The highest BCUT2D eigenvalue weighted by molar-refractivity contribution is 8.00. The summed E-state index contributed by atoms with van der Waals surface area (Å²) in [7, 11) is 0. The number of rotatable bonds is 3. The third kappa shape index (κ3) is 2.71. The summed E-state index contributed by atoms with van der Waals surface area (Å²) in [6.07, 6.45) is -1.88. The van der Waals surface area contributed by atoms with E-state index in [1.807, 2.05) is 0 Å². The van der Waals surface area contributed by atoms with Gasteiger partial charge >= 0.3 is 12.3 Å². The Morgan fingerprint density at radius 2 is 1.94 bits per heavy atom. The van der Waals surface area contributed by atoms with Gasteiger partial charge in [-0.1, -0.05) is 0 Å². The molecular formula is C10H12F4N2OS. The summed E-state index contributed by atoms with van der Waals surface area (Å²) in [4.78, 5) is 12.0. The van der Waals surface area contributed by atoms with E-state index >= 15 is 0 Å². The van der Waals surface area contributed by atoms with Gasteiger partial charge in [0.15, 0.2) is 0 Å². The van der Waals surface area contributed by atoms with Crippen molar-refractivity contribution in [3.8, 4) is 6.07 Å². The molecule has 0 saturated carbocycles. The normalized spacial score (nSPS) is 19.7. The van der Waals surface area contributed by atoms with Crippen molar-refractivity contribution >= 4 is 17.7 Å². The maximum absolute atomic E-state index is 12.9. The summed E-state index contributed by atoms with van der Waals surface area (Å²) in [5, 5.41) is 8.97. The van der Waals surface area contributed by atoms with Crippen molar-refractivity contribution in [2.45, 2.75) is 29.9 Å². The maximum Gasteiger partial charge on any atom is 0.383 e. The number of alkyl halides is 4. The fraction of sp³-hybridized carbons (Fsp3) is 0.800. The summed E-state index contributed by atoms with van der Waals surface area (Å²) in [5.74, 6) is -6.50. The van der Waals surface area contributed by atoms with Crippen LogP contribution in [-0.4, -0.2) is 47.2 Å². The van der Waals surface area contributed by atoms with E-state index in [0.29, 0.717) is 4.90 Å². The molecular weight excluding hydrogens is 272 g/mol. The van der Waals surface area contributed by atoms with Crippen molar-refractivity contribution in [1.82, 2.24) is 4.90 Å². The third-order valence-electron chi connectivity index (χ3n) is 3.01. The van der Waals surface area contributed by atoms with Gasteiger partial charge in [-0.2, -0.15) is 14.0 Å². The van der Waals surface area contributed by atoms with E-state index in [-0.39, 0.29) is 25.9 Å². The standard InChI is InChI=1S/C10H12F4N2OS/c1-18-9(6-15)2-4-16(5-3-9)8(17)10(13,14)7(11)12/h7H,2-5H2,1H3. The van der Waals surface area contributed by atoms with Gasteiger partial charge in [-0.05, 0) is 19.1 Å². The Bertz CT molecular complexity index is 361. The molecule has 0 aromatic carbocycles. The van der Waals surface area contributed by atoms with Gasteiger partial charge in [-0.15, -0.1) is 11.8 Å². The first kappa shape index (κ1) is 15.1. The quantitative estimate of drug-likeness (QED) is 0.746. The SMILES string of the molecule is CSC1(C#N)CCN(C(=O)C(F)(F)C(F)F)CC1. The van der Waals surface area contributed by atoms with E-state index in [9.17, 15) is 22.4 Å². The molecule has 1 aliphatic heterocycles. The van der Waals surface area contributed by atoms with Crippen molar-refractivity contribution in [2.24, 2.45) is 0 Å². The molecule has 0 atom stereocenters. The van der Waals surface area contributed by atoms with Crippen LogP contribution in [0.4, 0.5) is 17.6 Å². The Morgan fingerprint density at radius 1 is 1.44 bits per heavy atom. The zero-order chi connectivity index (χ0) is 14.0. The summed E-state index contributed by atoms with van der Waals surface area (Å²) < 4.78 is 49.1. The molecule has 8 heteroatoms. The van der Waals surface area contributed by atoms with Crippen LogP contribution in [0.15, 0.2) is 0 Å². The van der Waals surface area contributed by atoms with Gasteiger partial charge in [0.2, 0.25) is 0 Å². The number of halogens is 4. The minimum absolute atomic E-state index is 0.102. The summed E-state index contributed by atoms with van der Waals surface area (Å²) in [6.45, 7) is -0.203. The van der Waals surface area contributed by atoms with Crippen molar-refractivity contribution in [2.75, 3.05) is 19.3 Å². The van der Waals surface area contributed by atoms with E-state index in [1.165, 1.54) is 11.8 Å². The van der Waals surface area contributed by atoms with Crippen molar-refractivity contribution in [3.63, 3.8) is 0 Å². The molecule has 0 N–H and O–H groups in total. The number of hydrogen-bond donors (Lipinski definition) is 0. The Kier molecular flexibility index (Phi) is 4.48. The van der Waals surface area contributed by atoms with Gasteiger partial charge in [-0.3, -0.25) is 4.79 Å². The van der Waals surface area contributed by atoms with E-state index in [4.69, 9.17) is 5.26 Å². The Morgan fingerprint density at radius 3 is 2.28 bits per heavy atom. The Balaban J connectivity index is 2.70. The number of likely N-dealkylation sites (tertiary alicyclic amines) is 1. The van der Waals surface area contributed by atoms with Crippen LogP contribution in [0.1, 0.15) is 12.8 Å². The second kappa shape index (κ2) is 5.34. The molecule has 0 bridgehead atoms. The highest BCUT2D eigenvalue weighted by Gasteiger charge is 2.52. The van der Waals surface area contributed by atoms with Crippen LogP contribution in [0.2, 0.25) is 0 Å². The fourth-order valence-corrected chi connectivity index (χ4v) is 2.42. The van der Waals surface area contributed by atoms with Crippen LogP contribution in [0.25, 0.3) is 0 Å². The Hall–Kier alpha value is -0.970. The minimum Gasteiger partial charge on any atom is -0.337 e. The Labute approximate surface area is 106 Å². The van der Waals surface area contributed by atoms with E-state index < -0.39 is 23.0 Å². The lowest BCUT2D eigenvalue weighted by Gasteiger charge is -2.37. The molecule has 1 fully saturated rings. The molecule has 0 aliphatic carbocycles. The second-order valence-electron chi connectivity index (χ2n) is 4.03. The number of nitrogens with zero attached hydrogens (tertiary/aromatic N) is 2. The van der Waals surface area contributed by atoms with Gasteiger partial charge in [0.05, 0.1) is 6.07 Å². The van der Waals surface area contributed by atoms with Crippen molar-refractivity contribution in [1.29, 1.82) is 5.26 Å². The summed E-state index contributed by atoms with van der Waals surface area (Å²) in [5.41, 5.74) is 0. The number of hydrogen-bond acceptors (Lipinski definition) is 3. The van der Waals surface area contributed by atoms with Crippen molar-refractivity contribution < 1.29 is 22.4 Å². The predicted octanol–water partition coefficient (Wildman–Crippen LogP) is 2.13. The van der Waals surface area contributed by atoms with Crippen LogP contribution in [0.5, 0.6) is 0 Å². The molecule has 0 aromatic rings. The number of amides is 1. The van der Waals surface area contributed by atoms with Gasteiger partial charge in [0, 0.05) is 13.1 Å². The molecule has 102 valence electrons. The van der Waals surface area contributed by atoms with Gasteiger partial charge in [0.25, 0.3) is 5.91 Å². The molecule has 1 saturated heterocycles. The smallest absolute Gasteiger partial charge is 0.337 e. The summed E-state index contributed by atoms with van der Waals surface area (Å²) in [6, 6.07) is 2.08. The molecule has 1 aliphatic rings. The molecule has 0 unspecified atom stereocenters. The lowest BCUT2D eigenvalue weighted by molar-refractivity contribution is -0.181. The number of thioether (sulfide) groups is 1. The highest BCUT2D eigenvalue weighted by atomic mass is 32.2. The van der Waals surface area contributed by atoms with Gasteiger partial charge in [0.1, 0.15) is 4.75 Å². The van der Waals surface area contributed by atoms with Crippen molar-refractivity contribution in [3.05, 3.63) is 0 Å². The molecule has 1 amide bonds. The molecule has 0 radical (unpaired) electrons. The number of carbonyl (C=O) groups excluding carboxylic acids is 1. The molecule has 18 heavy (non-hydrogen) atoms. The second-order valence-corrected chi connectivity index (χ2v) is 5.22. The maximum atomic E-state index is 12.9. The average molecular weight is 284 g/mol. The fourth-order valence-electron chi connectivity index (χ4n) is 1.74. The van der Waals surface area contributed by atoms with E-state index in [0.717, 1.165) is 0 Å². The lowest BCUT2D eigenvalue weighted by atomic mass is 9.97. The first-order valence-corrected chi connectivity index (χ1v) is 6.43. The number of carbonyl (C=O) groups is 1. The molecule has 0 spiro atoms. The predicted molar refractivity (Wildman–Crippen MR) is 58.6 cm³/mol. The summed E-state index contributed by atoms with van der Waals surface area (Å²) >= 11 is 1.29. The molecule has 1 heterocycles. The molecule has 3 nitrogen and oxygen atoms in total. The van der Waals surface area contributed by atoms with Gasteiger partial charge in [-0.25, -0.2) is 8.78 Å². The first-order chi connectivity index (χ1) is 8.29. The van der Waals surface area contributed by atoms with Crippen LogP contribution in [0.3, 0.4) is 0 Å². The van der Waals surface area contributed by atoms with E-state index in [1.54, 1.807) is 6.26 Å². The topological polar surface area (TPSA) is 44.1 Å². The lowest BCUT2D eigenvalue weighted by Crippen LogP contribution is -2.52. The minimum atomic E-state index is -4.65. The average Bonchev–Trinajstić information content (AvgIpc) is 2.37. The van der Waals surface area contributed by atoms with Crippen LogP contribution < -0.4 is 0 Å². The first-order valence-electron chi connectivity index (χ1n) is 5.21. The van der Waals surface area contributed by atoms with Crippen LogP contribution in [-0.2, 0) is 4.79 Å². The number of nitriles is 1. The van der Waals surface area contributed by atoms with Gasteiger partial charge < -0.3 is 4.90 Å². The van der Waals surface area contributed by atoms with E-state index in [2.05, 4.69) is 6.07 Å². The number of piperidine rings is 1. The largest absolute Gasteiger partial charge is 0.383 e. The zero-order valence-electron chi connectivity index (χ0n) is 9.63. The molecule has 0 aromatic heterocycles. The monoisotopic (exact) mass is 284 g/mol. The highest BCUT2D eigenvalue weighted by Crippen LogP contribution is 2.35.